The fourth-order valence-corrected chi connectivity index (χ4v) is 2.33. The molecule has 1 aliphatic rings. The zero-order chi connectivity index (χ0) is 14.0. The van der Waals surface area contributed by atoms with Crippen LogP contribution >= 0.6 is 12.2 Å². The minimum Gasteiger partial charge on any atom is -0.469 e. The van der Waals surface area contributed by atoms with Crippen molar-refractivity contribution in [2.45, 2.75) is 6.92 Å². The van der Waals surface area contributed by atoms with Gasteiger partial charge < -0.3 is 15.4 Å². The van der Waals surface area contributed by atoms with Crippen LogP contribution in [0.4, 0.5) is 5.82 Å². The number of methoxy groups -OCH3 is 1. The number of carbonyl (C=O) groups is 1. The lowest BCUT2D eigenvalue weighted by Crippen LogP contribution is -2.25. The van der Waals surface area contributed by atoms with Crippen molar-refractivity contribution in [1.82, 2.24) is 9.97 Å². The number of aromatic nitrogens is 2. The molecule has 1 fully saturated rings. The van der Waals surface area contributed by atoms with E-state index in [0.29, 0.717) is 12.2 Å². The quantitative estimate of drug-likeness (QED) is 0.632. The van der Waals surface area contributed by atoms with Crippen LogP contribution in [-0.2, 0) is 9.53 Å². The molecule has 0 radical (unpaired) electrons. The second-order valence-corrected chi connectivity index (χ2v) is 5.08. The predicted octanol–water partition coefficient (Wildman–Crippen LogP) is 0.356. The third-order valence-corrected chi connectivity index (χ3v) is 3.54. The maximum Gasteiger partial charge on any atom is 0.310 e. The number of hydrogen-bond acceptors (Lipinski definition) is 6. The van der Waals surface area contributed by atoms with Crippen molar-refractivity contribution in [3.05, 3.63) is 18.1 Å². The van der Waals surface area contributed by atoms with Crippen molar-refractivity contribution in [2.75, 3.05) is 25.1 Å². The van der Waals surface area contributed by atoms with E-state index in [2.05, 4.69) is 9.97 Å². The highest BCUT2D eigenvalue weighted by atomic mass is 32.1. The Balaban J connectivity index is 2.11. The van der Waals surface area contributed by atoms with Crippen LogP contribution in [0, 0.1) is 11.8 Å². The standard InChI is InChI=1S/C12H16N4O2S/c1-7-5-16(6-8(7)12(17)18-2)10-4-14-9(3-15-10)11(13)19/h3-4,7-8H,5-6H2,1-2H3,(H2,13,19). The van der Waals surface area contributed by atoms with E-state index in [-0.39, 0.29) is 22.8 Å². The van der Waals surface area contributed by atoms with Crippen molar-refractivity contribution in [2.24, 2.45) is 17.6 Å². The first-order chi connectivity index (χ1) is 9.02. The molecule has 102 valence electrons. The van der Waals surface area contributed by atoms with E-state index in [0.717, 1.165) is 12.4 Å². The van der Waals surface area contributed by atoms with Gasteiger partial charge in [-0.1, -0.05) is 19.1 Å². The van der Waals surface area contributed by atoms with Crippen LogP contribution in [0.3, 0.4) is 0 Å². The lowest BCUT2D eigenvalue weighted by Gasteiger charge is -2.16. The number of nitrogens with zero attached hydrogens (tertiary/aromatic N) is 3. The molecule has 2 rings (SSSR count). The summed E-state index contributed by atoms with van der Waals surface area (Å²) in [5, 5.41) is 0. The van der Waals surface area contributed by atoms with E-state index in [1.165, 1.54) is 7.11 Å². The molecule has 19 heavy (non-hydrogen) atoms. The molecule has 2 atom stereocenters. The second-order valence-electron chi connectivity index (χ2n) is 4.64. The van der Waals surface area contributed by atoms with Gasteiger partial charge in [0.2, 0.25) is 0 Å². The molecule has 6 nitrogen and oxygen atoms in total. The van der Waals surface area contributed by atoms with Gasteiger partial charge in [-0.3, -0.25) is 4.79 Å². The number of hydrogen-bond donors (Lipinski definition) is 1. The fraction of sp³-hybridized carbons (Fsp3) is 0.500. The molecule has 2 heterocycles. The summed E-state index contributed by atoms with van der Waals surface area (Å²) in [6.07, 6.45) is 3.18. The third kappa shape index (κ3) is 2.81. The first-order valence-electron chi connectivity index (χ1n) is 5.97. The Morgan fingerprint density at radius 2 is 2.21 bits per heavy atom. The van der Waals surface area contributed by atoms with Gasteiger partial charge in [-0.25, -0.2) is 9.97 Å². The van der Waals surface area contributed by atoms with Crippen LogP contribution in [0.15, 0.2) is 12.4 Å². The Bertz CT molecular complexity index is 491. The van der Waals surface area contributed by atoms with Gasteiger partial charge >= 0.3 is 5.97 Å². The highest BCUT2D eigenvalue weighted by Gasteiger charge is 2.36. The van der Waals surface area contributed by atoms with E-state index in [4.69, 9.17) is 22.7 Å². The van der Waals surface area contributed by atoms with Gasteiger partial charge in [0, 0.05) is 13.1 Å². The normalized spacial score (nSPS) is 22.3. The topological polar surface area (TPSA) is 81.3 Å². The van der Waals surface area contributed by atoms with Crippen molar-refractivity contribution in [3.63, 3.8) is 0 Å². The molecular weight excluding hydrogens is 264 g/mol. The Morgan fingerprint density at radius 3 is 2.74 bits per heavy atom. The molecule has 0 aromatic carbocycles. The summed E-state index contributed by atoms with van der Waals surface area (Å²) in [5.41, 5.74) is 5.97. The number of thiocarbonyl (C=S) groups is 1. The Kier molecular flexibility index (Phi) is 3.94. The van der Waals surface area contributed by atoms with Gasteiger partial charge in [0.05, 0.1) is 25.4 Å². The zero-order valence-corrected chi connectivity index (χ0v) is 11.7. The molecule has 2 N–H and O–H groups in total. The molecule has 7 heteroatoms. The molecular formula is C12H16N4O2S. The minimum atomic E-state index is -0.178. The van der Waals surface area contributed by atoms with Crippen molar-refractivity contribution in [1.29, 1.82) is 0 Å². The van der Waals surface area contributed by atoms with E-state index in [1.807, 2.05) is 11.8 Å². The SMILES string of the molecule is COC(=O)C1CN(c2cnc(C(N)=S)cn2)CC1C. The number of esters is 1. The first-order valence-corrected chi connectivity index (χ1v) is 6.38. The van der Waals surface area contributed by atoms with Gasteiger partial charge in [-0.05, 0) is 5.92 Å². The second kappa shape index (κ2) is 5.48. The van der Waals surface area contributed by atoms with Crippen LogP contribution < -0.4 is 10.6 Å². The minimum absolute atomic E-state index is 0.123. The lowest BCUT2D eigenvalue weighted by atomic mass is 9.99. The van der Waals surface area contributed by atoms with E-state index in [9.17, 15) is 4.79 Å². The van der Waals surface area contributed by atoms with Gasteiger partial charge in [-0.15, -0.1) is 0 Å². The predicted molar refractivity (Wildman–Crippen MR) is 74.8 cm³/mol. The summed E-state index contributed by atoms with van der Waals surface area (Å²) in [5.74, 6) is 0.646. The summed E-state index contributed by atoms with van der Waals surface area (Å²) in [6.45, 7) is 3.37. The molecule has 1 aliphatic heterocycles. The first kappa shape index (κ1) is 13.7. The van der Waals surface area contributed by atoms with Crippen LogP contribution in [0.25, 0.3) is 0 Å². The maximum atomic E-state index is 11.6. The van der Waals surface area contributed by atoms with Crippen LogP contribution in [0.2, 0.25) is 0 Å². The molecule has 1 saturated heterocycles. The Hall–Kier alpha value is -1.76. The highest BCUT2D eigenvalue weighted by molar-refractivity contribution is 7.80. The molecule has 0 spiro atoms. The smallest absolute Gasteiger partial charge is 0.310 e. The van der Waals surface area contributed by atoms with Crippen LogP contribution in [-0.4, -0.2) is 41.1 Å². The monoisotopic (exact) mass is 280 g/mol. The molecule has 2 unspecified atom stereocenters. The Labute approximate surface area is 117 Å². The largest absolute Gasteiger partial charge is 0.469 e. The summed E-state index contributed by atoms with van der Waals surface area (Å²) in [7, 11) is 1.41. The average Bonchev–Trinajstić information content (AvgIpc) is 2.80. The maximum absolute atomic E-state index is 11.6. The van der Waals surface area contributed by atoms with E-state index in [1.54, 1.807) is 12.4 Å². The van der Waals surface area contributed by atoms with Gasteiger partial charge in [-0.2, -0.15) is 0 Å². The number of anilines is 1. The summed E-state index contributed by atoms with van der Waals surface area (Å²) in [6, 6.07) is 0. The third-order valence-electron chi connectivity index (χ3n) is 3.33. The molecule has 0 saturated carbocycles. The van der Waals surface area contributed by atoms with E-state index >= 15 is 0 Å². The van der Waals surface area contributed by atoms with Crippen molar-refractivity contribution < 1.29 is 9.53 Å². The lowest BCUT2D eigenvalue weighted by molar-refractivity contribution is -0.145. The zero-order valence-electron chi connectivity index (χ0n) is 10.9. The summed E-state index contributed by atoms with van der Waals surface area (Å²) < 4.78 is 4.80. The fourth-order valence-electron chi connectivity index (χ4n) is 2.22. The van der Waals surface area contributed by atoms with Crippen molar-refractivity contribution >= 4 is 29.0 Å². The number of nitrogens with two attached hydrogens (primary N) is 1. The van der Waals surface area contributed by atoms with Gasteiger partial charge in [0.25, 0.3) is 0 Å². The number of rotatable bonds is 3. The Morgan fingerprint density at radius 1 is 1.47 bits per heavy atom. The molecule has 0 bridgehead atoms. The van der Waals surface area contributed by atoms with Crippen molar-refractivity contribution in [3.8, 4) is 0 Å². The van der Waals surface area contributed by atoms with E-state index < -0.39 is 0 Å². The van der Waals surface area contributed by atoms with Crippen LogP contribution in [0.5, 0.6) is 0 Å². The number of ether oxygens (including phenoxy) is 1. The molecule has 1 aromatic rings. The molecule has 0 aliphatic carbocycles. The molecule has 0 amide bonds. The van der Waals surface area contributed by atoms with Crippen LogP contribution in [0.1, 0.15) is 12.6 Å². The number of carbonyl (C=O) groups excluding carboxylic acids is 1. The average molecular weight is 280 g/mol. The summed E-state index contributed by atoms with van der Waals surface area (Å²) in [4.78, 5) is 22.3. The van der Waals surface area contributed by atoms with Gasteiger partial charge in [0.1, 0.15) is 16.5 Å². The summed E-state index contributed by atoms with van der Waals surface area (Å²) >= 11 is 4.83. The van der Waals surface area contributed by atoms with Gasteiger partial charge in [0.15, 0.2) is 0 Å². The highest BCUT2D eigenvalue weighted by Crippen LogP contribution is 2.27. The molecule has 1 aromatic heterocycles.